The molecule has 2 aromatic heterocycles. The van der Waals surface area contributed by atoms with Crippen molar-refractivity contribution in [3.05, 3.63) is 90.6 Å². The number of carbonyl (C=O) groups excluding carboxylic acids is 2. The predicted octanol–water partition coefficient (Wildman–Crippen LogP) is 5.97. The number of para-hydroxylation sites is 2. The van der Waals surface area contributed by atoms with Crippen molar-refractivity contribution < 1.29 is 9.59 Å². The second kappa shape index (κ2) is 14.2. The average molecular weight is 671 g/mol. The van der Waals surface area contributed by atoms with Crippen LogP contribution in [0.25, 0.3) is 11.2 Å². The Morgan fingerprint density at radius 2 is 1.52 bits per heavy atom. The number of imide groups is 1. The number of fused-ring (bicyclic) bond motifs is 1. The Bertz CT molecular complexity index is 1970. The highest BCUT2D eigenvalue weighted by Gasteiger charge is 2.28. The molecule has 50 heavy (non-hydrogen) atoms. The molecule has 4 N–H and O–H groups in total. The van der Waals surface area contributed by atoms with E-state index in [1.165, 1.54) is 18.5 Å². The molecule has 8 rings (SSSR count). The van der Waals surface area contributed by atoms with Gasteiger partial charge in [0.25, 0.3) is 0 Å². The molecule has 2 amide bonds. The first-order valence-electron chi connectivity index (χ1n) is 17.7. The summed E-state index contributed by atoms with van der Waals surface area (Å²) in [6, 6.07) is 26.7. The van der Waals surface area contributed by atoms with E-state index < -0.39 is 6.04 Å². The fraction of sp³-hybridized carbons (Fsp3) is 0.342. The van der Waals surface area contributed by atoms with E-state index in [0.717, 1.165) is 85.3 Å². The van der Waals surface area contributed by atoms with Crippen LogP contribution in [-0.4, -0.2) is 68.5 Å². The summed E-state index contributed by atoms with van der Waals surface area (Å²) in [5.74, 6) is 0.904. The van der Waals surface area contributed by atoms with Gasteiger partial charge < -0.3 is 20.9 Å². The maximum Gasteiger partial charge on any atom is 0.249 e. The fourth-order valence-corrected chi connectivity index (χ4v) is 7.31. The molecule has 0 radical (unpaired) electrons. The van der Waals surface area contributed by atoms with E-state index in [-0.39, 0.29) is 11.8 Å². The lowest BCUT2D eigenvalue weighted by Gasteiger charge is -2.36. The van der Waals surface area contributed by atoms with E-state index in [1.807, 2.05) is 54.7 Å². The number of amides is 2. The molecule has 3 aromatic carbocycles. The van der Waals surface area contributed by atoms with Crippen molar-refractivity contribution in [3.8, 4) is 0 Å². The molecule has 0 spiro atoms. The van der Waals surface area contributed by atoms with Crippen LogP contribution in [0.5, 0.6) is 0 Å². The minimum absolute atomic E-state index is 0.203. The van der Waals surface area contributed by atoms with E-state index in [0.29, 0.717) is 24.8 Å². The lowest BCUT2D eigenvalue weighted by atomic mass is 10.0. The molecule has 3 fully saturated rings. The quantitative estimate of drug-likeness (QED) is 0.132. The van der Waals surface area contributed by atoms with Crippen LogP contribution >= 0.6 is 0 Å². The highest BCUT2D eigenvalue weighted by Crippen LogP contribution is 2.36. The number of piperidine rings is 1. The van der Waals surface area contributed by atoms with Crippen molar-refractivity contribution in [1.82, 2.24) is 29.7 Å². The molecule has 2 saturated heterocycles. The molecule has 5 aromatic rings. The van der Waals surface area contributed by atoms with Crippen LogP contribution in [0.15, 0.2) is 85.1 Å². The van der Waals surface area contributed by atoms with Crippen LogP contribution < -0.4 is 26.2 Å². The number of imidazole rings is 1. The van der Waals surface area contributed by atoms with Gasteiger partial charge in [0, 0.05) is 67.9 Å². The van der Waals surface area contributed by atoms with Gasteiger partial charge in [-0.15, -0.1) is 0 Å². The van der Waals surface area contributed by atoms with Gasteiger partial charge in [0.1, 0.15) is 11.6 Å². The van der Waals surface area contributed by atoms with Gasteiger partial charge in [0.15, 0.2) is 5.65 Å². The molecular formula is C38H42N10O2. The lowest BCUT2D eigenvalue weighted by Crippen LogP contribution is -2.48. The zero-order valence-electron chi connectivity index (χ0n) is 28.0. The number of nitrogens with zero attached hydrogens (tertiary/aromatic N) is 6. The first-order valence-corrected chi connectivity index (χ1v) is 17.7. The molecule has 1 unspecified atom stereocenters. The van der Waals surface area contributed by atoms with Crippen LogP contribution in [0, 0.1) is 0 Å². The largest absolute Gasteiger partial charge is 0.373 e. The Morgan fingerprint density at radius 3 is 2.30 bits per heavy atom. The third kappa shape index (κ3) is 6.97. The fourth-order valence-electron chi connectivity index (χ4n) is 7.31. The first-order chi connectivity index (χ1) is 24.6. The maximum atomic E-state index is 12.3. The van der Waals surface area contributed by atoms with Gasteiger partial charge >= 0.3 is 0 Å². The first kappa shape index (κ1) is 31.8. The normalized spacial score (nSPS) is 18.7. The molecule has 3 aliphatic rings. The topological polar surface area (TPSA) is 132 Å². The van der Waals surface area contributed by atoms with Gasteiger partial charge in [0.05, 0.1) is 6.20 Å². The Labute approximate surface area is 291 Å². The van der Waals surface area contributed by atoms with Gasteiger partial charge in [-0.1, -0.05) is 49.2 Å². The number of carbonyl (C=O) groups is 2. The summed E-state index contributed by atoms with van der Waals surface area (Å²) in [7, 11) is 0. The summed E-state index contributed by atoms with van der Waals surface area (Å²) < 4.78 is 2.26. The number of hydrogen-bond donors (Lipinski definition) is 4. The highest BCUT2D eigenvalue weighted by molar-refractivity contribution is 6.01. The van der Waals surface area contributed by atoms with Gasteiger partial charge in [-0.3, -0.25) is 24.4 Å². The van der Waals surface area contributed by atoms with Crippen molar-refractivity contribution in [2.45, 2.75) is 57.2 Å². The number of aromatic nitrogens is 4. The zero-order valence-corrected chi connectivity index (χ0v) is 28.0. The highest BCUT2D eigenvalue weighted by atomic mass is 16.2. The van der Waals surface area contributed by atoms with E-state index in [4.69, 9.17) is 9.97 Å². The van der Waals surface area contributed by atoms with Crippen LogP contribution in [0.4, 0.5) is 34.6 Å². The van der Waals surface area contributed by atoms with E-state index in [2.05, 4.69) is 70.9 Å². The maximum absolute atomic E-state index is 12.3. The SMILES string of the molecule is O=C1CCC(Nc2ccccc2CN2CCN(c3ccc(Nc4ncc5nc(Nc6ccccc6)n(C6CCCC6)c5n4)cc3)CC2)C(=O)N1. The molecule has 1 atom stereocenters. The average Bonchev–Trinajstić information content (AvgIpc) is 3.79. The van der Waals surface area contributed by atoms with Gasteiger partial charge in [-0.2, -0.15) is 4.98 Å². The van der Waals surface area contributed by atoms with Crippen LogP contribution in [0.2, 0.25) is 0 Å². The Hall–Kier alpha value is -5.49. The number of rotatable bonds is 10. The Morgan fingerprint density at radius 1 is 0.780 bits per heavy atom. The standard InChI is InChI=1S/C38H42N10O2/c49-34-19-18-32(36(50)44-34)42-31-13-7-4-8-26(31)25-46-20-22-47(23-21-46)29-16-14-28(15-17-29)40-37-39-24-33-35(45-37)48(30-11-5-6-12-30)38(43-33)41-27-9-2-1-3-10-27/h1-4,7-10,13-17,24,30,32,42H,5-6,11-12,18-23,25H2,(H,41,43)(H,39,40,45)(H,44,49,50). The van der Waals surface area contributed by atoms with Crippen molar-refractivity contribution in [3.63, 3.8) is 0 Å². The monoisotopic (exact) mass is 670 g/mol. The molecule has 12 nitrogen and oxygen atoms in total. The van der Waals surface area contributed by atoms with Gasteiger partial charge in [-0.25, -0.2) is 9.97 Å². The molecule has 0 bridgehead atoms. The summed E-state index contributed by atoms with van der Waals surface area (Å²) in [6.07, 6.45) is 7.33. The molecular weight excluding hydrogens is 628 g/mol. The summed E-state index contributed by atoms with van der Waals surface area (Å²) in [6.45, 7) is 4.48. The minimum atomic E-state index is -0.395. The lowest BCUT2D eigenvalue weighted by molar-refractivity contribution is -0.133. The molecule has 2 aliphatic heterocycles. The molecule has 256 valence electrons. The van der Waals surface area contributed by atoms with Crippen molar-refractivity contribution in [1.29, 1.82) is 0 Å². The second-order valence-corrected chi connectivity index (χ2v) is 13.4. The predicted molar refractivity (Wildman–Crippen MR) is 196 cm³/mol. The number of piperazine rings is 1. The van der Waals surface area contributed by atoms with Gasteiger partial charge in [0.2, 0.25) is 23.7 Å². The number of anilines is 6. The van der Waals surface area contributed by atoms with Crippen LogP contribution in [0.3, 0.4) is 0 Å². The summed E-state index contributed by atoms with van der Waals surface area (Å²) in [5, 5.41) is 12.7. The summed E-state index contributed by atoms with van der Waals surface area (Å²) >= 11 is 0. The molecule has 1 saturated carbocycles. The number of hydrogen-bond acceptors (Lipinski definition) is 10. The summed E-state index contributed by atoms with van der Waals surface area (Å²) in [4.78, 5) is 43.2. The van der Waals surface area contributed by atoms with Crippen LogP contribution in [0.1, 0.15) is 50.1 Å². The summed E-state index contributed by atoms with van der Waals surface area (Å²) in [5.41, 5.74) is 6.84. The third-order valence-corrected chi connectivity index (χ3v) is 9.99. The zero-order chi connectivity index (χ0) is 33.9. The molecule has 1 aliphatic carbocycles. The van der Waals surface area contributed by atoms with Crippen LogP contribution in [-0.2, 0) is 16.1 Å². The van der Waals surface area contributed by atoms with E-state index in [9.17, 15) is 9.59 Å². The van der Waals surface area contributed by atoms with Crippen molar-refractivity contribution in [2.24, 2.45) is 0 Å². The molecule has 12 heteroatoms. The smallest absolute Gasteiger partial charge is 0.249 e. The Balaban J connectivity index is 0.899. The van der Waals surface area contributed by atoms with Crippen molar-refractivity contribution in [2.75, 3.05) is 47.0 Å². The second-order valence-electron chi connectivity index (χ2n) is 13.4. The molecule has 4 heterocycles. The van der Waals surface area contributed by atoms with Gasteiger partial charge in [-0.05, 0) is 67.3 Å². The van der Waals surface area contributed by atoms with E-state index in [1.54, 1.807) is 0 Å². The number of nitrogens with one attached hydrogen (secondary N) is 4. The Kier molecular flexibility index (Phi) is 9.00. The van der Waals surface area contributed by atoms with E-state index >= 15 is 0 Å². The third-order valence-electron chi connectivity index (χ3n) is 9.99. The van der Waals surface area contributed by atoms with Crippen molar-refractivity contribution >= 4 is 57.6 Å². The number of benzene rings is 3. The minimum Gasteiger partial charge on any atom is -0.373 e.